The second-order valence-electron chi connectivity index (χ2n) is 4.03. The van der Waals surface area contributed by atoms with Crippen molar-refractivity contribution in [2.45, 2.75) is 40.3 Å². The van der Waals surface area contributed by atoms with E-state index in [0.29, 0.717) is 0 Å². The Labute approximate surface area is 78.4 Å². The van der Waals surface area contributed by atoms with Gasteiger partial charge in [0, 0.05) is 0 Å². The number of nitrogens with two attached hydrogens (primary N) is 1. The lowest BCUT2D eigenvalue weighted by molar-refractivity contribution is 0.285. The van der Waals surface area contributed by atoms with Crippen LogP contribution in [0.15, 0.2) is 0 Å². The molecule has 0 aliphatic carbocycles. The molecule has 0 heterocycles. The Kier molecular flexibility index (Phi) is 6.54. The first kappa shape index (κ1) is 12.0. The molecular weight excluding hydrogens is 145 g/mol. The van der Waals surface area contributed by atoms with Gasteiger partial charge in [0.25, 0.3) is 0 Å². The molecule has 0 aromatic carbocycles. The molecule has 1 radical (unpaired) electrons. The maximum absolute atomic E-state index is 5.53. The van der Waals surface area contributed by atoms with Gasteiger partial charge in [0.05, 0.1) is 0 Å². The number of rotatable bonds is 6. The molecule has 0 rings (SSSR count). The second kappa shape index (κ2) is 6.53. The van der Waals surface area contributed by atoms with Crippen LogP contribution in [0.1, 0.15) is 27.2 Å². The van der Waals surface area contributed by atoms with Crippen molar-refractivity contribution in [3.05, 3.63) is 0 Å². The minimum atomic E-state index is 0.768. The van der Waals surface area contributed by atoms with Gasteiger partial charge in [-0.05, 0) is 30.7 Å². The topological polar surface area (TPSA) is 26.0 Å². The molecule has 71 valence electrons. The van der Waals surface area contributed by atoms with Crippen molar-refractivity contribution in [3.8, 4) is 0 Å². The Morgan fingerprint density at radius 2 is 1.75 bits per heavy atom. The van der Waals surface area contributed by atoms with Crippen molar-refractivity contribution in [3.63, 3.8) is 0 Å². The zero-order chi connectivity index (χ0) is 9.56. The van der Waals surface area contributed by atoms with Crippen molar-refractivity contribution >= 4 is 7.28 Å². The SMILES string of the molecule is C[B]CC(C)[C@H](C)C(C)CCN. The normalized spacial score (nSPS) is 18.4. The van der Waals surface area contributed by atoms with E-state index in [4.69, 9.17) is 5.73 Å². The fourth-order valence-electron chi connectivity index (χ4n) is 1.67. The summed E-state index contributed by atoms with van der Waals surface area (Å²) < 4.78 is 0. The summed E-state index contributed by atoms with van der Waals surface area (Å²) in [4.78, 5) is 0. The predicted octanol–water partition coefficient (Wildman–Crippen LogP) is 2.41. The van der Waals surface area contributed by atoms with Crippen molar-refractivity contribution in [1.82, 2.24) is 0 Å². The summed E-state index contributed by atoms with van der Waals surface area (Å²) in [6, 6.07) is 0. The van der Waals surface area contributed by atoms with Crippen LogP contribution in [0.3, 0.4) is 0 Å². The van der Waals surface area contributed by atoms with Crippen molar-refractivity contribution in [2.75, 3.05) is 6.54 Å². The largest absolute Gasteiger partial charge is 0.330 e. The molecule has 1 nitrogen and oxygen atoms in total. The van der Waals surface area contributed by atoms with Crippen LogP contribution in [0.4, 0.5) is 0 Å². The van der Waals surface area contributed by atoms with Crippen LogP contribution in [0.2, 0.25) is 13.1 Å². The molecule has 0 amide bonds. The van der Waals surface area contributed by atoms with Crippen LogP contribution in [0.5, 0.6) is 0 Å². The van der Waals surface area contributed by atoms with Crippen LogP contribution in [-0.2, 0) is 0 Å². The minimum absolute atomic E-state index is 0.768. The third-order valence-corrected chi connectivity index (χ3v) is 3.02. The van der Waals surface area contributed by atoms with Gasteiger partial charge in [-0.2, -0.15) is 0 Å². The first-order valence-corrected chi connectivity index (χ1v) is 5.11. The molecule has 2 unspecified atom stereocenters. The van der Waals surface area contributed by atoms with Gasteiger partial charge >= 0.3 is 0 Å². The molecule has 0 aliphatic heterocycles. The fourth-order valence-corrected chi connectivity index (χ4v) is 1.67. The highest BCUT2D eigenvalue weighted by atomic mass is 14.5. The molecule has 2 heteroatoms. The van der Waals surface area contributed by atoms with E-state index in [1.807, 2.05) is 0 Å². The highest BCUT2D eigenvalue weighted by molar-refractivity contribution is 6.33. The van der Waals surface area contributed by atoms with Gasteiger partial charge in [0.1, 0.15) is 7.28 Å². The molecule has 12 heavy (non-hydrogen) atoms. The molecular formula is C10H23BN. The van der Waals surface area contributed by atoms with Gasteiger partial charge in [0.15, 0.2) is 0 Å². The summed E-state index contributed by atoms with van der Waals surface area (Å²) in [6.07, 6.45) is 2.39. The lowest BCUT2D eigenvalue weighted by atomic mass is 9.67. The lowest BCUT2D eigenvalue weighted by Gasteiger charge is -2.25. The monoisotopic (exact) mass is 168 g/mol. The minimum Gasteiger partial charge on any atom is -0.330 e. The summed E-state index contributed by atoms with van der Waals surface area (Å²) >= 11 is 0. The average molecular weight is 168 g/mol. The number of hydrogen-bond acceptors (Lipinski definition) is 1. The highest BCUT2D eigenvalue weighted by Crippen LogP contribution is 2.25. The Bertz CT molecular complexity index is 94.0. The molecule has 0 fully saturated rings. The third kappa shape index (κ3) is 4.15. The Balaban J connectivity index is 3.73. The molecule has 0 aromatic rings. The van der Waals surface area contributed by atoms with Gasteiger partial charge in [-0.1, -0.05) is 33.9 Å². The Morgan fingerprint density at radius 3 is 2.17 bits per heavy atom. The van der Waals surface area contributed by atoms with E-state index in [1.165, 1.54) is 6.32 Å². The molecule has 0 spiro atoms. The maximum atomic E-state index is 5.53. The summed E-state index contributed by atoms with van der Waals surface area (Å²) in [7, 11) is 2.26. The first-order valence-electron chi connectivity index (χ1n) is 5.11. The predicted molar refractivity (Wildman–Crippen MR) is 57.6 cm³/mol. The van der Waals surface area contributed by atoms with Crippen LogP contribution < -0.4 is 5.73 Å². The molecule has 3 atom stereocenters. The fraction of sp³-hybridized carbons (Fsp3) is 1.00. The van der Waals surface area contributed by atoms with Crippen molar-refractivity contribution in [1.29, 1.82) is 0 Å². The van der Waals surface area contributed by atoms with E-state index in [-0.39, 0.29) is 0 Å². The van der Waals surface area contributed by atoms with E-state index in [2.05, 4.69) is 34.9 Å². The van der Waals surface area contributed by atoms with E-state index < -0.39 is 0 Å². The Hall–Kier alpha value is 0.0249. The van der Waals surface area contributed by atoms with Crippen LogP contribution in [-0.4, -0.2) is 13.8 Å². The lowest BCUT2D eigenvalue weighted by Crippen LogP contribution is -2.19. The van der Waals surface area contributed by atoms with E-state index in [9.17, 15) is 0 Å². The quantitative estimate of drug-likeness (QED) is 0.605. The van der Waals surface area contributed by atoms with E-state index >= 15 is 0 Å². The van der Waals surface area contributed by atoms with Crippen LogP contribution >= 0.6 is 0 Å². The summed E-state index contributed by atoms with van der Waals surface area (Å²) in [5, 5.41) is 0. The van der Waals surface area contributed by atoms with Crippen molar-refractivity contribution < 1.29 is 0 Å². The zero-order valence-corrected chi connectivity index (χ0v) is 9.01. The van der Waals surface area contributed by atoms with E-state index in [1.54, 1.807) is 0 Å². The molecule has 0 saturated heterocycles. The molecule has 0 bridgehead atoms. The third-order valence-electron chi connectivity index (χ3n) is 3.02. The summed E-state index contributed by atoms with van der Waals surface area (Å²) in [6.45, 7) is 9.95. The standard InChI is InChI=1S/C10H23BN/c1-8(5-6-12)10(3)9(2)7-11-4/h8-10H,5-7,12H2,1-4H3/t8?,9?,10-/m1/s1. The summed E-state index contributed by atoms with van der Waals surface area (Å²) in [5.41, 5.74) is 5.53. The molecule has 0 saturated carbocycles. The maximum Gasteiger partial charge on any atom is 0.106 e. The smallest absolute Gasteiger partial charge is 0.106 e. The second-order valence-corrected chi connectivity index (χ2v) is 4.03. The van der Waals surface area contributed by atoms with Gasteiger partial charge in [-0.15, -0.1) is 0 Å². The van der Waals surface area contributed by atoms with Gasteiger partial charge in [-0.3, -0.25) is 0 Å². The number of hydrogen-bond donors (Lipinski definition) is 1. The molecule has 0 aromatic heterocycles. The molecule has 0 aliphatic rings. The highest BCUT2D eigenvalue weighted by Gasteiger charge is 2.17. The average Bonchev–Trinajstić information content (AvgIpc) is 2.04. The van der Waals surface area contributed by atoms with Gasteiger partial charge in [-0.25, -0.2) is 0 Å². The first-order chi connectivity index (χ1) is 5.63. The van der Waals surface area contributed by atoms with Gasteiger partial charge < -0.3 is 5.73 Å². The van der Waals surface area contributed by atoms with Gasteiger partial charge in [0.2, 0.25) is 0 Å². The summed E-state index contributed by atoms with van der Waals surface area (Å²) in [5.74, 6) is 2.37. The van der Waals surface area contributed by atoms with E-state index in [0.717, 1.165) is 30.7 Å². The van der Waals surface area contributed by atoms with Crippen LogP contribution in [0, 0.1) is 17.8 Å². The Morgan fingerprint density at radius 1 is 1.17 bits per heavy atom. The van der Waals surface area contributed by atoms with Crippen molar-refractivity contribution in [2.24, 2.45) is 23.5 Å². The zero-order valence-electron chi connectivity index (χ0n) is 9.01. The van der Waals surface area contributed by atoms with Crippen LogP contribution in [0.25, 0.3) is 0 Å². The molecule has 2 N–H and O–H groups in total.